The summed E-state index contributed by atoms with van der Waals surface area (Å²) in [6.07, 6.45) is -18.0. The minimum atomic E-state index is -6.38. The normalized spacial score (nSPS) is 33.4. The Morgan fingerprint density at radius 3 is 1.19 bits per heavy atom. The van der Waals surface area contributed by atoms with E-state index in [4.69, 9.17) is 0 Å². The molecule has 1 rings (SSSR count). The van der Waals surface area contributed by atoms with Crippen LogP contribution in [0.5, 0.6) is 0 Å². The first-order chi connectivity index (χ1) is 6.71. The number of halogens is 10. The molecule has 1 heterocycles. The Morgan fingerprint density at radius 2 is 1.12 bits per heavy atom. The van der Waals surface area contributed by atoms with Gasteiger partial charge in [0, 0.05) is 0 Å². The van der Waals surface area contributed by atoms with Crippen LogP contribution in [0.15, 0.2) is 0 Å². The summed E-state index contributed by atoms with van der Waals surface area (Å²) in [5.41, 5.74) is -5.57. The van der Waals surface area contributed by atoms with Crippen LogP contribution in [0.4, 0.5) is 39.5 Å². The Hall–Kier alpha value is -0.190. The molecule has 0 aliphatic carbocycles. The lowest BCUT2D eigenvalue weighted by Crippen LogP contribution is -2.84. The largest absolute Gasteiger partial charge is 0.431 e. The fraction of sp³-hybridized carbons (Fsp3) is 1.00. The Labute approximate surface area is 89.7 Å². The van der Waals surface area contributed by atoms with Gasteiger partial charge in [0.15, 0.2) is 0 Å². The lowest BCUT2D eigenvalue weighted by molar-refractivity contribution is -0.550. The highest BCUT2D eigenvalue weighted by atomic mass is 79.9. The highest BCUT2D eigenvalue weighted by molar-refractivity contribution is 9.10. The molecule has 0 amide bonds. The molecule has 0 aromatic carbocycles. The monoisotopic (exact) mass is 326 g/mol. The van der Waals surface area contributed by atoms with Gasteiger partial charge in [0.05, 0.1) is 0 Å². The van der Waals surface area contributed by atoms with E-state index in [0.29, 0.717) is 0 Å². The second-order valence-electron chi connectivity index (χ2n) is 2.87. The van der Waals surface area contributed by atoms with E-state index in [0.717, 1.165) is 15.9 Å². The second kappa shape index (κ2) is 2.98. The Balaban J connectivity index is 3.35. The van der Waals surface area contributed by atoms with Gasteiger partial charge in [-0.25, -0.2) is 4.39 Å². The Bertz CT molecular complexity index is 288. The van der Waals surface area contributed by atoms with E-state index in [-0.39, 0.29) is 0 Å². The van der Waals surface area contributed by atoms with Crippen LogP contribution in [-0.2, 0) is 4.74 Å². The van der Waals surface area contributed by atoms with Crippen molar-refractivity contribution in [2.45, 2.75) is 28.6 Å². The van der Waals surface area contributed by atoms with E-state index in [2.05, 4.69) is 4.74 Å². The molecule has 1 saturated heterocycles. The molecule has 0 bridgehead atoms. The molecular weight excluding hydrogens is 327 g/mol. The van der Waals surface area contributed by atoms with Crippen LogP contribution < -0.4 is 0 Å². The van der Waals surface area contributed by atoms with Gasteiger partial charge in [0.25, 0.3) is 0 Å². The summed E-state index contributed by atoms with van der Waals surface area (Å²) < 4.78 is 107. The molecule has 16 heavy (non-hydrogen) atoms. The van der Waals surface area contributed by atoms with Crippen molar-refractivity contribution in [3.05, 3.63) is 0 Å². The van der Waals surface area contributed by atoms with Gasteiger partial charge in [-0.2, -0.15) is 35.1 Å². The molecule has 1 aliphatic rings. The van der Waals surface area contributed by atoms with Crippen molar-refractivity contribution in [2.75, 3.05) is 0 Å². The molecule has 0 N–H and O–H groups in total. The van der Waals surface area contributed by atoms with Crippen molar-refractivity contribution in [3.8, 4) is 0 Å². The van der Waals surface area contributed by atoms with E-state index in [1.807, 2.05) is 0 Å². The minimum absolute atomic E-state index is 1.10. The SMILES string of the molecule is FC(F)(F)C1(C(F)(F)F)OC(F)(F)C1(F)Br. The zero-order valence-corrected chi connectivity index (χ0v) is 8.27. The second-order valence-corrected chi connectivity index (χ2v) is 3.96. The molecule has 96 valence electrons. The van der Waals surface area contributed by atoms with Crippen LogP contribution in [0.2, 0.25) is 0 Å². The first-order valence-electron chi connectivity index (χ1n) is 3.30. The third-order valence-electron chi connectivity index (χ3n) is 1.89. The fourth-order valence-electron chi connectivity index (χ4n) is 1.11. The van der Waals surface area contributed by atoms with Crippen LogP contribution in [0.3, 0.4) is 0 Å². The number of alkyl halides is 10. The highest BCUT2D eigenvalue weighted by Gasteiger charge is 2.97. The summed E-state index contributed by atoms with van der Waals surface area (Å²) in [5.74, 6) is 0. The third-order valence-corrected chi connectivity index (χ3v) is 2.91. The molecule has 1 nitrogen and oxygen atoms in total. The van der Waals surface area contributed by atoms with Crippen LogP contribution in [0, 0.1) is 0 Å². The lowest BCUT2D eigenvalue weighted by Gasteiger charge is -2.54. The Kier molecular flexibility index (Phi) is 2.58. The van der Waals surface area contributed by atoms with Crippen LogP contribution in [0.1, 0.15) is 0 Å². The Morgan fingerprint density at radius 1 is 0.812 bits per heavy atom. The number of ether oxygens (including phenoxy) is 1. The number of rotatable bonds is 0. The maximum Gasteiger partial charge on any atom is 0.431 e. The predicted octanol–water partition coefficient (Wildman–Crippen LogP) is 3.53. The summed E-state index contributed by atoms with van der Waals surface area (Å²) in [6.45, 7) is 0. The van der Waals surface area contributed by atoms with Crippen molar-refractivity contribution in [1.82, 2.24) is 0 Å². The van der Waals surface area contributed by atoms with Gasteiger partial charge in [-0.1, -0.05) is 0 Å². The topological polar surface area (TPSA) is 9.23 Å². The summed E-state index contributed by atoms with van der Waals surface area (Å²) in [6, 6.07) is 0. The van der Waals surface area contributed by atoms with Gasteiger partial charge >= 0.3 is 28.6 Å². The van der Waals surface area contributed by atoms with E-state index < -0.39 is 28.6 Å². The molecular formula is C5BrF9O. The molecule has 0 aromatic heterocycles. The zero-order chi connectivity index (χ0) is 13.2. The first-order valence-corrected chi connectivity index (χ1v) is 4.09. The predicted molar refractivity (Wildman–Crippen MR) is 33.6 cm³/mol. The zero-order valence-electron chi connectivity index (χ0n) is 6.69. The lowest BCUT2D eigenvalue weighted by atomic mass is 9.88. The van der Waals surface area contributed by atoms with Crippen LogP contribution in [-0.4, -0.2) is 28.6 Å². The van der Waals surface area contributed by atoms with Gasteiger partial charge in [-0.15, -0.1) is 0 Å². The molecule has 1 fully saturated rings. The number of hydrogen-bond donors (Lipinski definition) is 0. The van der Waals surface area contributed by atoms with E-state index >= 15 is 0 Å². The summed E-state index contributed by atoms with van der Waals surface area (Å²) in [4.78, 5) is 0. The van der Waals surface area contributed by atoms with E-state index in [1.54, 1.807) is 0 Å². The molecule has 1 aliphatic heterocycles. The fourth-order valence-corrected chi connectivity index (χ4v) is 1.72. The molecule has 0 aromatic rings. The first kappa shape index (κ1) is 13.9. The van der Waals surface area contributed by atoms with Crippen LogP contribution in [0.25, 0.3) is 0 Å². The van der Waals surface area contributed by atoms with Gasteiger partial charge < -0.3 is 0 Å². The van der Waals surface area contributed by atoms with Crippen molar-refractivity contribution in [1.29, 1.82) is 0 Å². The van der Waals surface area contributed by atoms with Crippen molar-refractivity contribution in [3.63, 3.8) is 0 Å². The summed E-state index contributed by atoms with van der Waals surface area (Å²) in [7, 11) is 0. The standard InChI is InChI=1S/C5BrF9O/c6-2(7)1(3(8,9)10,4(11,12)13)16-5(2,14)15. The molecule has 11 heteroatoms. The average Bonchev–Trinajstić information content (AvgIpc) is 1.94. The maximum atomic E-state index is 12.9. The van der Waals surface area contributed by atoms with Crippen molar-refractivity contribution < 1.29 is 44.3 Å². The molecule has 0 saturated carbocycles. The van der Waals surface area contributed by atoms with Crippen LogP contribution >= 0.6 is 15.9 Å². The van der Waals surface area contributed by atoms with E-state index in [9.17, 15) is 39.5 Å². The number of hydrogen-bond acceptors (Lipinski definition) is 1. The quantitative estimate of drug-likeness (QED) is 0.489. The van der Waals surface area contributed by atoms with Gasteiger partial charge in [0.1, 0.15) is 0 Å². The molecule has 1 unspecified atom stereocenters. The van der Waals surface area contributed by atoms with Gasteiger partial charge in [0.2, 0.25) is 0 Å². The molecule has 0 spiro atoms. The highest BCUT2D eigenvalue weighted by Crippen LogP contribution is 2.69. The van der Waals surface area contributed by atoms with Gasteiger partial charge in [-0.05, 0) is 15.9 Å². The molecule has 0 radical (unpaired) electrons. The minimum Gasteiger partial charge on any atom is -0.288 e. The van der Waals surface area contributed by atoms with Crippen molar-refractivity contribution >= 4 is 15.9 Å². The summed E-state index contributed by atoms with van der Waals surface area (Å²) >= 11 is 1.10. The summed E-state index contributed by atoms with van der Waals surface area (Å²) in [5, 5.41) is 0. The maximum absolute atomic E-state index is 12.9. The van der Waals surface area contributed by atoms with Crippen molar-refractivity contribution in [2.24, 2.45) is 0 Å². The van der Waals surface area contributed by atoms with Gasteiger partial charge in [-0.3, -0.25) is 4.74 Å². The smallest absolute Gasteiger partial charge is 0.288 e. The third kappa shape index (κ3) is 1.30. The average molecular weight is 327 g/mol. The van der Waals surface area contributed by atoms with E-state index in [1.165, 1.54) is 0 Å². The molecule has 1 atom stereocenters.